The zero-order chi connectivity index (χ0) is 19.4. The molecule has 0 aliphatic rings. The number of carbonyl (C=O) groups excluding carboxylic acids is 1. The Morgan fingerprint density at radius 1 is 0.583 bits per heavy atom. The van der Waals surface area contributed by atoms with E-state index < -0.39 is 74.9 Å². The molecule has 12 nitrogen and oxygen atoms in total. The van der Waals surface area contributed by atoms with Crippen molar-refractivity contribution in [3.05, 3.63) is 0 Å². The summed E-state index contributed by atoms with van der Waals surface area (Å²) < 4.78 is 0. The van der Waals surface area contributed by atoms with Crippen molar-refractivity contribution in [2.24, 2.45) is 0 Å². The Morgan fingerprint density at radius 3 is 1.12 bits per heavy atom. The summed E-state index contributed by atoms with van der Waals surface area (Å²) in [5.41, 5.74) is 0. The number of aliphatic hydroxyl groups excluding tert-OH is 11. The van der Waals surface area contributed by atoms with Crippen molar-refractivity contribution >= 4 is 5.78 Å². The first-order valence-electron chi connectivity index (χ1n) is 6.81. The van der Waals surface area contributed by atoms with Gasteiger partial charge in [-0.2, -0.15) is 0 Å². The summed E-state index contributed by atoms with van der Waals surface area (Å²) in [6.45, 7) is -3.14. The molecule has 7 atom stereocenters. The van der Waals surface area contributed by atoms with E-state index in [2.05, 4.69) is 0 Å². The van der Waals surface area contributed by atoms with Gasteiger partial charge in [-0.25, -0.2) is 0 Å². The maximum Gasteiger partial charge on any atom is 0.189 e. The molecule has 0 radical (unpaired) electrons. The number of carbonyl (C=O) groups is 1. The summed E-state index contributed by atoms with van der Waals surface area (Å²) in [6.07, 6.45) is -11.6. The van der Waals surface area contributed by atoms with E-state index in [9.17, 15) is 4.79 Å². The molecule has 0 rings (SSSR count). The molecule has 0 aliphatic heterocycles. The van der Waals surface area contributed by atoms with Crippen molar-refractivity contribution in [1.82, 2.24) is 0 Å². The molecule has 12 heteroatoms. The summed E-state index contributed by atoms with van der Waals surface area (Å²) in [5, 5.41) is 95.2. The van der Waals surface area contributed by atoms with E-state index in [0.29, 0.717) is 0 Å². The average molecular weight is 362 g/mol. The van der Waals surface area contributed by atoms with Gasteiger partial charge in [0.25, 0.3) is 0 Å². The van der Waals surface area contributed by atoms with Crippen LogP contribution in [0.4, 0.5) is 0 Å². The first kappa shape index (κ1) is 25.5. The number of hydrogen-bond acceptors (Lipinski definition) is 12. The van der Waals surface area contributed by atoms with Crippen LogP contribution in [0.15, 0.2) is 0 Å². The van der Waals surface area contributed by atoms with Crippen molar-refractivity contribution in [2.45, 2.75) is 42.7 Å². The molecule has 0 aliphatic carbocycles. The maximum absolute atomic E-state index is 10.5. The first-order valence-corrected chi connectivity index (χ1v) is 6.81. The highest BCUT2D eigenvalue weighted by molar-refractivity contribution is 5.84. The van der Waals surface area contributed by atoms with Gasteiger partial charge in [0.2, 0.25) is 0 Å². The maximum atomic E-state index is 10.5. The van der Waals surface area contributed by atoms with Gasteiger partial charge in [0.15, 0.2) is 5.78 Å². The lowest BCUT2D eigenvalue weighted by Gasteiger charge is -2.24. The highest BCUT2D eigenvalue weighted by Crippen LogP contribution is 2.04. The van der Waals surface area contributed by atoms with Gasteiger partial charge in [0, 0.05) is 0 Å². The third-order valence-corrected chi connectivity index (χ3v) is 2.90. The van der Waals surface area contributed by atoms with Gasteiger partial charge < -0.3 is 56.2 Å². The van der Waals surface area contributed by atoms with Gasteiger partial charge in [0.05, 0.1) is 19.8 Å². The average Bonchev–Trinajstić information content (AvgIpc) is 2.62. The van der Waals surface area contributed by atoms with Crippen molar-refractivity contribution in [1.29, 1.82) is 0 Å². The predicted octanol–water partition coefficient (Wildman–Crippen LogP) is -6.96. The molecule has 7 unspecified atom stereocenters. The number of rotatable bonds is 10. The van der Waals surface area contributed by atoms with Gasteiger partial charge >= 0.3 is 0 Å². The molecule has 0 saturated heterocycles. The second kappa shape index (κ2) is 13.5. The molecule has 0 saturated carbocycles. The number of ketones is 1. The Bertz CT molecular complexity index is 313. The summed E-state index contributed by atoms with van der Waals surface area (Å²) in [7, 11) is 0. The van der Waals surface area contributed by atoms with E-state index >= 15 is 0 Å². The fourth-order valence-electron chi connectivity index (χ4n) is 1.27. The smallest absolute Gasteiger partial charge is 0.189 e. The molecular formula is C12H26O12. The second-order valence-corrected chi connectivity index (χ2v) is 4.79. The molecule has 0 amide bonds. The van der Waals surface area contributed by atoms with Crippen LogP contribution in [0.25, 0.3) is 0 Å². The topological polar surface area (TPSA) is 240 Å². The molecule has 146 valence electrons. The molecule has 0 aromatic heterocycles. The molecule has 0 aromatic carbocycles. The molecule has 0 bridgehead atoms. The van der Waals surface area contributed by atoms with E-state index in [1.165, 1.54) is 0 Å². The van der Waals surface area contributed by atoms with Crippen LogP contribution in [-0.4, -0.2) is 131 Å². The van der Waals surface area contributed by atoms with Crippen LogP contribution in [0.3, 0.4) is 0 Å². The van der Waals surface area contributed by atoms with Gasteiger partial charge in [-0.3, -0.25) is 4.79 Å². The highest BCUT2D eigenvalue weighted by atomic mass is 16.4. The molecule has 11 N–H and O–H groups in total. The lowest BCUT2D eigenvalue weighted by atomic mass is 10.0. The number of aliphatic hydroxyl groups is 11. The van der Waals surface area contributed by atoms with Gasteiger partial charge in [0.1, 0.15) is 49.3 Å². The monoisotopic (exact) mass is 362 g/mol. The molecule has 0 fully saturated rings. The molecule has 0 heterocycles. The Kier molecular flexibility index (Phi) is 14.3. The van der Waals surface area contributed by atoms with Crippen LogP contribution < -0.4 is 0 Å². The van der Waals surface area contributed by atoms with Crippen molar-refractivity contribution < 1.29 is 61.0 Å². The highest BCUT2D eigenvalue weighted by Gasteiger charge is 2.29. The van der Waals surface area contributed by atoms with Gasteiger partial charge in [-0.1, -0.05) is 0 Å². The third-order valence-electron chi connectivity index (χ3n) is 2.90. The standard InChI is InChI=1S/C6H14O6.C6H12O6/c2*7-1-3(9)5(11)6(12)4(10)2-8/h3-12H,1-2H2;3,5-9,11-12H,1-2H2. The summed E-state index contributed by atoms with van der Waals surface area (Å²) in [5.74, 6) is -1.00. The lowest BCUT2D eigenvalue weighted by molar-refractivity contribution is -0.142. The van der Waals surface area contributed by atoms with Gasteiger partial charge in [-0.15, -0.1) is 0 Å². The summed E-state index contributed by atoms with van der Waals surface area (Å²) in [4.78, 5) is 10.5. The van der Waals surface area contributed by atoms with E-state index in [0.717, 1.165) is 0 Å². The van der Waals surface area contributed by atoms with Gasteiger partial charge in [-0.05, 0) is 0 Å². The number of Topliss-reactive ketones (excluding diaryl/α,β-unsaturated/α-hetero) is 1. The molecule has 24 heavy (non-hydrogen) atoms. The van der Waals surface area contributed by atoms with Crippen LogP contribution >= 0.6 is 0 Å². The fourth-order valence-corrected chi connectivity index (χ4v) is 1.27. The summed E-state index contributed by atoms with van der Waals surface area (Å²) >= 11 is 0. The summed E-state index contributed by atoms with van der Waals surface area (Å²) in [6, 6.07) is 0. The minimum absolute atomic E-state index is 0.726. The first-order chi connectivity index (χ1) is 11.1. The Hall–Kier alpha value is -0.770. The molecule has 0 spiro atoms. The Morgan fingerprint density at radius 2 is 0.875 bits per heavy atom. The quantitative estimate of drug-likeness (QED) is 0.174. The van der Waals surface area contributed by atoms with Crippen molar-refractivity contribution in [3.63, 3.8) is 0 Å². The minimum Gasteiger partial charge on any atom is -0.394 e. The van der Waals surface area contributed by atoms with E-state index in [4.69, 9.17) is 56.2 Å². The van der Waals surface area contributed by atoms with Crippen LogP contribution in [0.1, 0.15) is 0 Å². The third kappa shape index (κ3) is 8.91. The fraction of sp³-hybridized carbons (Fsp3) is 0.917. The number of hydrogen-bond donors (Lipinski definition) is 11. The molecular weight excluding hydrogens is 336 g/mol. The van der Waals surface area contributed by atoms with Crippen molar-refractivity contribution in [2.75, 3.05) is 26.4 Å². The van der Waals surface area contributed by atoms with E-state index in [1.54, 1.807) is 0 Å². The minimum atomic E-state index is -1.86. The Labute approximate surface area is 137 Å². The Balaban J connectivity index is 0. The van der Waals surface area contributed by atoms with E-state index in [-0.39, 0.29) is 0 Å². The zero-order valence-corrected chi connectivity index (χ0v) is 12.7. The SMILES string of the molecule is O=C(CO)C(O)C(O)C(O)CO.OCC(O)C(O)C(O)C(O)CO. The van der Waals surface area contributed by atoms with Crippen LogP contribution in [-0.2, 0) is 4.79 Å². The van der Waals surface area contributed by atoms with E-state index in [1.807, 2.05) is 0 Å². The molecule has 0 aromatic rings. The normalized spacial score (nSPS) is 20.0. The van der Waals surface area contributed by atoms with Crippen LogP contribution in [0, 0.1) is 0 Å². The zero-order valence-electron chi connectivity index (χ0n) is 12.7. The second-order valence-electron chi connectivity index (χ2n) is 4.79. The predicted molar refractivity (Wildman–Crippen MR) is 75.4 cm³/mol. The van der Waals surface area contributed by atoms with Crippen LogP contribution in [0.5, 0.6) is 0 Å². The largest absolute Gasteiger partial charge is 0.394 e. The lowest BCUT2D eigenvalue weighted by Crippen LogP contribution is -2.46. The van der Waals surface area contributed by atoms with Crippen molar-refractivity contribution in [3.8, 4) is 0 Å². The van der Waals surface area contributed by atoms with Crippen LogP contribution in [0.2, 0.25) is 0 Å².